The maximum atomic E-state index is 10.9. The lowest BCUT2D eigenvalue weighted by Crippen LogP contribution is -2.36. The van der Waals surface area contributed by atoms with E-state index in [4.69, 9.17) is 9.84 Å². The Morgan fingerprint density at radius 1 is 1.40 bits per heavy atom. The minimum absolute atomic E-state index is 0.0539. The molecule has 1 aromatic carbocycles. The molecule has 0 radical (unpaired) electrons. The molecule has 1 heterocycles. The first-order chi connectivity index (χ1) is 9.43. The van der Waals surface area contributed by atoms with Gasteiger partial charge in [-0.2, -0.15) is 0 Å². The SMILES string of the molecule is Cc1ccc(N[C@H]2O[C@@H](CO)[C@@H](O)[C@H]2O)cc1[N+](=O)[O-]. The molecule has 8 heteroatoms. The van der Waals surface area contributed by atoms with Crippen molar-refractivity contribution in [2.45, 2.75) is 31.5 Å². The largest absolute Gasteiger partial charge is 0.394 e. The van der Waals surface area contributed by atoms with E-state index in [2.05, 4.69) is 5.32 Å². The van der Waals surface area contributed by atoms with Crippen LogP contribution < -0.4 is 5.32 Å². The van der Waals surface area contributed by atoms with Crippen LogP contribution in [0, 0.1) is 17.0 Å². The van der Waals surface area contributed by atoms with Gasteiger partial charge in [0.15, 0.2) is 6.23 Å². The molecule has 110 valence electrons. The second kappa shape index (κ2) is 5.71. The zero-order valence-corrected chi connectivity index (χ0v) is 10.8. The van der Waals surface area contributed by atoms with Gasteiger partial charge in [0.05, 0.1) is 11.5 Å². The molecule has 8 nitrogen and oxygen atoms in total. The predicted octanol–water partition coefficient (Wildman–Crippen LogP) is -0.246. The number of aryl methyl sites for hydroxylation is 1. The summed E-state index contributed by atoms with van der Waals surface area (Å²) in [6.07, 6.45) is -4.27. The monoisotopic (exact) mass is 284 g/mol. The van der Waals surface area contributed by atoms with Crippen LogP contribution in [0.25, 0.3) is 0 Å². The van der Waals surface area contributed by atoms with E-state index < -0.39 is 36.1 Å². The fourth-order valence-corrected chi connectivity index (χ4v) is 2.08. The van der Waals surface area contributed by atoms with E-state index in [0.717, 1.165) is 0 Å². The number of benzene rings is 1. The number of ether oxygens (including phenoxy) is 1. The molecule has 4 N–H and O–H groups in total. The quantitative estimate of drug-likeness (QED) is 0.444. The van der Waals surface area contributed by atoms with Gasteiger partial charge < -0.3 is 25.4 Å². The van der Waals surface area contributed by atoms with Crippen molar-refractivity contribution >= 4 is 11.4 Å². The van der Waals surface area contributed by atoms with E-state index in [1.165, 1.54) is 6.07 Å². The van der Waals surface area contributed by atoms with E-state index in [-0.39, 0.29) is 5.69 Å². The van der Waals surface area contributed by atoms with Crippen LogP contribution in [0.2, 0.25) is 0 Å². The number of aliphatic hydroxyl groups is 3. The first-order valence-electron chi connectivity index (χ1n) is 6.08. The summed E-state index contributed by atoms with van der Waals surface area (Å²) >= 11 is 0. The van der Waals surface area contributed by atoms with Crippen LogP contribution in [0.3, 0.4) is 0 Å². The van der Waals surface area contributed by atoms with E-state index in [1.54, 1.807) is 19.1 Å². The molecule has 0 unspecified atom stereocenters. The fourth-order valence-electron chi connectivity index (χ4n) is 2.08. The van der Waals surface area contributed by atoms with Gasteiger partial charge in [-0.1, -0.05) is 6.07 Å². The van der Waals surface area contributed by atoms with Crippen LogP contribution in [-0.2, 0) is 4.74 Å². The van der Waals surface area contributed by atoms with Crippen LogP contribution in [0.4, 0.5) is 11.4 Å². The van der Waals surface area contributed by atoms with Gasteiger partial charge >= 0.3 is 0 Å². The minimum atomic E-state index is -1.23. The van der Waals surface area contributed by atoms with Crippen LogP contribution in [0.5, 0.6) is 0 Å². The Morgan fingerprint density at radius 3 is 2.65 bits per heavy atom. The summed E-state index contributed by atoms with van der Waals surface area (Å²) < 4.78 is 5.24. The van der Waals surface area contributed by atoms with Gasteiger partial charge in [0.25, 0.3) is 5.69 Å². The highest BCUT2D eigenvalue weighted by Gasteiger charge is 2.42. The molecule has 0 spiro atoms. The van der Waals surface area contributed by atoms with Crippen molar-refractivity contribution in [2.24, 2.45) is 0 Å². The number of aliphatic hydroxyl groups excluding tert-OH is 3. The molecule has 0 bridgehead atoms. The molecule has 1 aliphatic rings. The summed E-state index contributed by atoms with van der Waals surface area (Å²) in [7, 11) is 0. The standard InChI is InChI=1S/C12H16N2O6/c1-6-2-3-7(4-8(6)14(18)19)13-12-11(17)10(16)9(5-15)20-12/h2-4,9-13,15-17H,5H2,1H3/t9-,10+,11+,12-/m0/s1. The van der Waals surface area contributed by atoms with Crippen molar-refractivity contribution in [2.75, 3.05) is 11.9 Å². The Bertz CT molecular complexity index is 509. The Hall–Kier alpha value is -1.74. The molecule has 2 rings (SSSR count). The summed E-state index contributed by atoms with van der Waals surface area (Å²) in [5.74, 6) is 0. The summed E-state index contributed by atoms with van der Waals surface area (Å²) in [6.45, 7) is 1.19. The molecule has 4 atom stereocenters. The molecule has 0 aliphatic carbocycles. The number of hydrogen-bond donors (Lipinski definition) is 4. The van der Waals surface area contributed by atoms with Gasteiger partial charge in [0.2, 0.25) is 0 Å². The normalized spacial score (nSPS) is 29.4. The number of nitro groups is 1. The smallest absolute Gasteiger partial charge is 0.274 e. The summed E-state index contributed by atoms with van der Waals surface area (Å²) in [5, 5.41) is 42.0. The minimum Gasteiger partial charge on any atom is -0.394 e. The highest BCUT2D eigenvalue weighted by molar-refractivity contribution is 5.55. The number of nitro benzene ring substituents is 1. The van der Waals surface area contributed by atoms with Gasteiger partial charge in [0, 0.05) is 17.3 Å². The Morgan fingerprint density at radius 2 is 2.10 bits per heavy atom. The van der Waals surface area contributed by atoms with E-state index in [1.807, 2.05) is 0 Å². The van der Waals surface area contributed by atoms with Crippen LogP contribution in [0.1, 0.15) is 5.56 Å². The predicted molar refractivity (Wildman–Crippen MR) is 69.2 cm³/mol. The molecule has 0 aromatic heterocycles. The van der Waals surface area contributed by atoms with E-state index in [0.29, 0.717) is 11.3 Å². The van der Waals surface area contributed by atoms with E-state index >= 15 is 0 Å². The molecule has 1 saturated heterocycles. The molecular weight excluding hydrogens is 268 g/mol. The van der Waals surface area contributed by atoms with Crippen molar-refractivity contribution in [3.63, 3.8) is 0 Å². The van der Waals surface area contributed by atoms with Crippen molar-refractivity contribution < 1.29 is 25.0 Å². The third-order valence-electron chi connectivity index (χ3n) is 3.26. The second-order valence-electron chi connectivity index (χ2n) is 4.66. The Kier molecular flexibility index (Phi) is 4.19. The highest BCUT2D eigenvalue weighted by Crippen LogP contribution is 2.26. The highest BCUT2D eigenvalue weighted by atomic mass is 16.6. The van der Waals surface area contributed by atoms with Crippen molar-refractivity contribution in [3.8, 4) is 0 Å². The third kappa shape index (κ3) is 2.73. The summed E-state index contributed by atoms with van der Waals surface area (Å²) in [4.78, 5) is 10.3. The Balaban J connectivity index is 2.15. The van der Waals surface area contributed by atoms with Crippen molar-refractivity contribution in [1.29, 1.82) is 0 Å². The molecule has 0 amide bonds. The average Bonchev–Trinajstić information content (AvgIpc) is 2.68. The molecular formula is C12H16N2O6. The molecule has 1 fully saturated rings. The zero-order chi connectivity index (χ0) is 14.9. The zero-order valence-electron chi connectivity index (χ0n) is 10.8. The first kappa shape index (κ1) is 14.7. The summed E-state index contributed by atoms with van der Waals surface area (Å²) in [6, 6.07) is 4.50. The van der Waals surface area contributed by atoms with Gasteiger partial charge in [0.1, 0.15) is 18.3 Å². The lowest BCUT2D eigenvalue weighted by atomic mass is 10.1. The second-order valence-corrected chi connectivity index (χ2v) is 4.66. The van der Waals surface area contributed by atoms with Crippen molar-refractivity contribution in [1.82, 2.24) is 0 Å². The lowest BCUT2D eigenvalue weighted by molar-refractivity contribution is -0.385. The topological polar surface area (TPSA) is 125 Å². The van der Waals surface area contributed by atoms with Crippen LogP contribution in [-0.4, -0.2) is 51.4 Å². The van der Waals surface area contributed by atoms with Gasteiger partial charge in [-0.25, -0.2) is 0 Å². The molecule has 0 saturated carbocycles. The number of nitrogens with one attached hydrogen (secondary N) is 1. The first-order valence-corrected chi connectivity index (χ1v) is 6.08. The van der Waals surface area contributed by atoms with Gasteiger partial charge in [-0.15, -0.1) is 0 Å². The fraction of sp³-hybridized carbons (Fsp3) is 0.500. The van der Waals surface area contributed by atoms with Crippen molar-refractivity contribution in [3.05, 3.63) is 33.9 Å². The number of rotatable bonds is 4. The molecule has 1 aliphatic heterocycles. The maximum Gasteiger partial charge on any atom is 0.274 e. The van der Waals surface area contributed by atoms with Crippen LogP contribution >= 0.6 is 0 Å². The third-order valence-corrected chi connectivity index (χ3v) is 3.26. The Labute approximate surface area is 114 Å². The molecule has 20 heavy (non-hydrogen) atoms. The number of nitrogens with zero attached hydrogens (tertiary/aromatic N) is 1. The summed E-state index contributed by atoms with van der Waals surface area (Å²) in [5.41, 5.74) is 0.848. The number of anilines is 1. The molecule has 1 aromatic rings. The number of hydrogen-bond acceptors (Lipinski definition) is 7. The maximum absolute atomic E-state index is 10.9. The average molecular weight is 284 g/mol. The van der Waals surface area contributed by atoms with E-state index in [9.17, 15) is 20.3 Å². The lowest BCUT2D eigenvalue weighted by Gasteiger charge is -2.17. The van der Waals surface area contributed by atoms with Gasteiger partial charge in [-0.3, -0.25) is 10.1 Å². The van der Waals surface area contributed by atoms with Crippen LogP contribution in [0.15, 0.2) is 18.2 Å². The van der Waals surface area contributed by atoms with Gasteiger partial charge in [-0.05, 0) is 13.0 Å².